The minimum Gasteiger partial charge on any atom is -0.409 e. The average molecular weight is 229 g/mol. The van der Waals surface area contributed by atoms with E-state index in [4.69, 9.17) is 10.9 Å². The summed E-state index contributed by atoms with van der Waals surface area (Å²) in [5.74, 6) is -0.557. The zero-order valence-electron chi connectivity index (χ0n) is 10.6. The van der Waals surface area contributed by atoms with E-state index in [-0.39, 0.29) is 17.8 Å². The number of oxime groups is 1. The van der Waals surface area contributed by atoms with Crippen molar-refractivity contribution in [1.82, 2.24) is 4.90 Å². The summed E-state index contributed by atoms with van der Waals surface area (Å²) in [6.07, 6.45) is 1.43. The third-order valence-electron chi connectivity index (χ3n) is 2.60. The molecule has 16 heavy (non-hydrogen) atoms. The molecule has 0 spiro atoms. The fourth-order valence-electron chi connectivity index (χ4n) is 1.73. The monoisotopic (exact) mass is 229 g/mol. The molecule has 0 aromatic carbocycles. The maximum atomic E-state index is 12.2. The topological polar surface area (TPSA) is 78.9 Å². The van der Waals surface area contributed by atoms with E-state index < -0.39 is 5.92 Å². The van der Waals surface area contributed by atoms with Crippen LogP contribution in [-0.4, -0.2) is 34.4 Å². The van der Waals surface area contributed by atoms with E-state index in [0.717, 1.165) is 6.42 Å². The van der Waals surface area contributed by atoms with Gasteiger partial charge in [-0.25, -0.2) is 0 Å². The lowest BCUT2D eigenvalue weighted by Gasteiger charge is -2.29. The molecule has 5 heteroatoms. The van der Waals surface area contributed by atoms with Crippen LogP contribution in [-0.2, 0) is 4.79 Å². The van der Waals surface area contributed by atoms with Crippen molar-refractivity contribution in [2.45, 2.75) is 46.6 Å². The van der Waals surface area contributed by atoms with E-state index in [1.807, 2.05) is 27.7 Å². The smallest absolute Gasteiger partial charge is 0.233 e. The van der Waals surface area contributed by atoms with Gasteiger partial charge in [0.1, 0.15) is 0 Å². The molecule has 94 valence electrons. The Bertz CT molecular complexity index is 252. The van der Waals surface area contributed by atoms with Crippen LogP contribution in [0.4, 0.5) is 0 Å². The fourth-order valence-corrected chi connectivity index (χ4v) is 1.73. The molecule has 0 aromatic rings. The van der Waals surface area contributed by atoms with E-state index in [9.17, 15) is 4.79 Å². The molecule has 0 aromatic heterocycles. The Morgan fingerprint density at radius 1 is 1.44 bits per heavy atom. The average Bonchev–Trinajstić information content (AvgIpc) is 2.25. The highest BCUT2D eigenvalue weighted by Crippen LogP contribution is 2.13. The minimum absolute atomic E-state index is 0.00551. The van der Waals surface area contributed by atoms with Crippen LogP contribution in [0.5, 0.6) is 0 Å². The first kappa shape index (κ1) is 14.7. The van der Waals surface area contributed by atoms with Crippen molar-refractivity contribution >= 4 is 11.7 Å². The van der Waals surface area contributed by atoms with Crippen molar-refractivity contribution in [2.24, 2.45) is 16.8 Å². The number of nitrogens with two attached hydrogens (primary N) is 1. The molecule has 5 nitrogen and oxygen atoms in total. The quantitative estimate of drug-likeness (QED) is 0.313. The van der Waals surface area contributed by atoms with Gasteiger partial charge in [-0.1, -0.05) is 18.5 Å². The molecule has 0 fully saturated rings. The number of hydrogen-bond donors (Lipinski definition) is 2. The second-order valence-electron chi connectivity index (χ2n) is 4.08. The van der Waals surface area contributed by atoms with Crippen LogP contribution in [0.3, 0.4) is 0 Å². The second-order valence-corrected chi connectivity index (χ2v) is 4.08. The molecule has 0 saturated carbocycles. The van der Waals surface area contributed by atoms with Gasteiger partial charge in [-0.3, -0.25) is 4.79 Å². The SMILES string of the molecule is CCCC(C(=O)N(CC)C(C)C)C(N)=NO. The second kappa shape index (κ2) is 7.09. The lowest BCUT2D eigenvalue weighted by Crippen LogP contribution is -2.45. The first-order valence-corrected chi connectivity index (χ1v) is 5.77. The van der Waals surface area contributed by atoms with E-state index in [0.29, 0.717) is 13.0 Å². The summed E-state index contributed by atoms with van der Waals surface area (Å²) < 4.78 is 0. The largest absolute Gasteiger partial charge is 0.409 e. The standard InChI is InChI=1S/C11H23N3O2/c1-5-7-9(10(12)13-16)11(15)14(6-2)8(3)4/h8-9,16H,5-7H2,1-4H3,(H2,12,13). The van der Waals surface area contributed by atoms with Gasteiger partial charge in [-0.2, -0.15) is 0 Å². The minimum atomic E-state index is -0.502. The number of carbonyl (C=O) groups is 1. The molecule has 3 N–H and O–H groups in total. The summed E-state index contributed by atoms with van der Waals surface area (Å²) in [6, 6.07) is 0.128. The van der Waals surface area contributed by atoms with Gasteiger partial charge >= 0.3 is 0 Å². The van der Waals surface area contributed by atoms with E-state index >= 15 is 0 Å². The Labute approximate surface area is 97.3 Å². The van der Waals surface area contributed by atoms with Gasteiger partial charge in [-0.15, -0.1) is 0 Å². The zero-order chi connectivity index (χ0) is 12.7. The molecule has 1 atom stereocenters. The van der Waals surface area contributed by atoms with Gasteiger partial charge in [0.25, 0.3) is 0 Å². The molecule has 1 amide bonds. The van der Waals surface area contributed by atoms with Gasteiger partial charge < -0.3 is 15.8 Å². The molecule has 0 rings (SSSR count). The van der Waals surface area contributed by atoms with Crippen LogP contribution in [0, 0.1) is 5.92 Å². The van der Waals surface area contributed by atoms with Crippen LogP contribution >= 0.6 is 0 Å². The van der Waals surface area contributed by atoms with Crippen LogP contribution in [0.2, 0.25) is 0 Å². The van der Waals surface area contributed by atoms with Gasteiger partial charge in [-0.05, 0) is 27.2 Å². The number of rotatable bonds is 6. The van der Waals surface area contributed by atoms with E-state index in [1.54, 1.807) is 4.90 Å². The van der Waals surface area contributed by atoms with Crippen molar-refractivity contribution in [3.63, 3.8) is 0 Å². The van der Waals surface area contributed by atoms with E-state index in [1.165, 1.54) is 0 Å². The highest BCUT2D eigenvalue weighted by Gasteiger charge is 2.27. The van der Waals surface area contributed by atoms with Crippen molar-refractivity contribution in [3.8, 4) is 0 Å². The summed E-state index contributed by atoms with van der Waals surface area (Å²) >= 11 is 0. The summed E-state index contributed by atoms with van der Waals surface area (Å²) in [4.78, 5) is 13.9. The summed E-state index contributed by atoms with van der Waals surface area (Å²) in [5, 5.41) is 11.6. The van der Waals surface area contributed by atoms with Crippen LogP contribution in [0.15, 0.2) is 5.16 Å². The van der Waals surface area contributed by atoms with Crippen molar-refractivity contribution in [1.29, 1.82) is 0 Å². The van der Waals surface area contributed by atoms with Crippen LogP contribution in [0.1, 0.15) is 40.5 Å². The Hall–Kier alpha value is -1.26. The predicted molar refractivity (Wildman–Crippen MR) is 64.3 cm³/mol. The molecule has 1 unspecified atom stereocenters. The van der Waals surface area contributed by atoms with Gasteiger partial charge in [0.2, 0.25) is 5.91 Å². The third-order valence-corrected chi connectivity index (χ3v) is 2.60. The third kappa shape index (κ3) is 3.72. The molecule has 0 saturated heterocycles. The van der Waals surface area contributed by atoms with Crippen LogP contribution in [0.25, 0.3) is 0 Å². The Morgan fingerprint density at radius 3 is 2.31 bits per heavy atom. The first-order chi connectivity index (χ1) is 7.49. The Morgan fingerprint density at radius 2 is 2.00 bits per heavy atom. The number of amidine groups is 1. The fraction of sp³-hybridized carbons (Fsp3) is 0.818. The highest BCUT2D eigenvalue weighted by atomic mass is 16.4. The van der Waals surface area contributed by atoms with Gasteiger partial charge in [0.15, 0.2) is 5.84 Å². The molecule has 0 bridgehead atoms. The molecular formula is C11H23N3O2. The van der Waals surface area contributed by atoms with Gasteiger partial charge in [0.05, 0.1) is 5.92 Å². The van der Waals surface area contributed by atoms with Crippen molar-refractivity contribution in [2.75, 3.05) is 6.54 Å². The first-order valence-electron chi connectivity index (χ1n) is 5.77. The lowest BCUT2D eigenvalue weighted by atomic mass is 10.00. The number of amides is 1. The maximum absolute atomic E-state index is 12.2. The lowest BCUT2D eigenvalue weighted by molar-refractivity contribution is -0.135. The van der Waals surface area contributed by atoms with Crippen molar-refractivity contribution < 1.29 is 10.0 Å². The highest BCUT2D eigenvalue weighted by molar-refractivity contribution is 6.02. The molecule has 0 aliphatic rings. The molecule has 0 radical (unpaired) electrons. The Kier molecular flexibility index (Phi) is 6.53. The summed E-state index contributed by atoms with van der Waals surface area (Å²) in [7, 11) is 0. The molecular weight excluding hydrogens is 206 g/mol. The van der Waals surface area contributed by atoms with Crippen molar-refractivity contribution in [3.05, 3.63) is 0 Å². The maximum Gasteiger partial charge on any atom is 0.233 e. The summed E-state index contributed by atoms with van der Waals surface area (Å²) in [5.41, 5.74) is 5.55. The molecule has 0 aliphatic heterocycles. The number of nitrogens with zero attached hydrogens (tertiary/aromatic N) is 2. The van der Waals surface area contributed by atoms with Gasteiger partial charge in [0, 0.05) is 12.6 Å². The number of carbonyl (C=O) groups excluding carboxylic acids is 1. The Balaban J connectivity index is 4.85. The molecule has 0 aliphatic carbocycles. The predicted octanol–water partition coefficient (Wildman–Crippen LogP) is 1.41. The zero-order valence-corrected chi connectivity index (χ0v) is 10.6. The molecule has 0 heterocycles. The number of hydrogen-bond acceptors (Lipinski definition) is 3. The normalized spacial score (nSPS) is 13.9. The van der Waals surface area contributed by atoms with Crippen LogP contribution < -0.4 is 5.73 Å². The van der Waals surface area contributed by atoms with E-state index in [2.05, 4.69) is 5.16 Å². The summed E-state index contributed by atoms with van der Waals surface area (Å²) in [6.45, 7) is 8.44.